The first-order valence-corrected chi connectivity index (χ1v) is 6.11. The lowest BCUT2D eigenvalue weighted by molar-refractivity contribution is 0.632. The molecule has 0 spiro atoms. The summed E-state index contributed by atoms with van der Waals surface area (Å²) in [6.45, 7) is 0. The van der Waals surface area contributed by atoms with Crippen molar-refractivity contribution in [1.29, 1.82) is 0 Å². The topological polar surface area (TPSA) is 43.8 Å². The largest absolute Gasteiger partial charge is 0.398 e. The van der Waals surface area contributed by atoms with E-state index in [2.05, 4.69) is 5.10 Å². The summed E-state index contributed by atoms with van der Waals surface area (Å²) in [4.78, 5) is 0. The van der Waals surface area contributed by atoms with Crippen LogP contribution in [0.5, 0.6) is 0 Å². The number of rotatable bonds is 1. The van der Waals surface area contributed by atoms with Crippen molar-refractivity contribution in [3.63, 3.8) is 0 Å². The van der Waals surface area contributed by atoms with E-state index in [1.807, 2.05) is 13.1 Å². The van der Waals surface area contributed by atoms with E-state index in [0.717, 1.165) is 10.9 Å². The van der Waals surface area contributed by atoms with Crippen LogP contribution >= 0.6 is 11.6 Å². The number of nitrogens with zero attached hydrogens (tertiary/aromatic N) is 2. The van der Waals surface area contributed by atoms with Crippen LogP contribution < -0.4 is 5.73 Å². The lowest BCUT2D eigenvalue weighted by Gasteiger charge is -2.09. The van der Waals surface area contributed by atoms with E-state index < -0.39 is 5.82 Å². The molecule has 96 valence electrons. The third kappa shape index (κ3) is 1.85. The van der Waals surface area contributed by atoms with Gasteiger partial charge in [-0.2, -0.15) is 5.10 Å². The van der Waals surface area contributed by atoms with E-state index in [0.29, 0.717) is 16.8 Å². The maximum atomic E-state index is 14.1. The number of nitrogen functional groups attached to an aromatic ring is 1. The molecule has 3 nitrogen and oxygen atoms in total. The second-order valence-corrected chi connectivity index (χ2v) is 4.78. The number of aryl methyl sites for hydroxylation is 1. The van der Waals surface area contributed by atoms with Gasteiger partial charge in [0.25, 0.3) is 0 Å². The van der Waals surface area contributed by atoms with Gasteiger partial charge >= 0.3 is 0 Å². The van der Waals surface area contributed by atoms with Crippen molar-refractivity contribution < 1.29 is 4.39 Å². The van der Waals surface area contributed by atoms with Crippen molar-refractivity contribution in [2.24, 2.45) is 7.05 Å². The number of anilines is 1. The van der Waals surface area contributed by atoms with Crippen molar-refractivity contribution in [2.75, 3.05) is 5.73 Å². The summed E-state index contributed by atoms with van der Waals surface area (Å²) in [6.07, 6.45) is 1.73. The molecule has 0 bridgehead atoms. The Labute approximate surface area is 114 Å². The number of hydrogen-bond donors (Lipinski definition) is 1. The van der Waals surface area contributed by atoms with Crippen LogP contribution in [0.25, 0.3) is 22.0 Å². The average molecular weight is 276 g/mol. The molecule has 0 aliphatic heterocycles. The molecular formula is C14H11ClFN3. The molecular weight excluding hydrogens is 265 g/mol. The average Bonchev–Trinajstić information content (AvgIpc) is 2.73. The Morgan fingerprint density at radius 2 is 2.05 bits per heavy atom. The third-order valence-corrected chi connectivity index (χ3v) is 3.45. The molecule has 2 N–H and O–H groups in total. The van der Waals surface area contributed by atoms with E-state index in [1.54, 1.807) is 29.1 Å². The Bertz CT molecular complexity index is 780. The summed E-state index contributed by atoms with van der Waals surface area (Å²) in [5.74, 6) is -0.461. The number of aromatic nitrogens is 2. The van der Waals surface area contributed by atoms with Gasteiger partial charge in [-0.1, -0.05) is 23.7 Å². The third-order valence-electron chi connectivity index (χ3n) is 3.16. The second kappa shape index (κ2) is 4.24. The lowest BCUT2D eigenvalue weighted by Crippen LogP contribution is -1.95. The van der Waals surface area contributed by atoms with Gasteiger partial charge in [0.1, 0.15) is 5.82 Å². The monoisotopic (exact) mass is 275 g/mol. The van der Waals surface area contributed by atoms with Gasteiger partial charge < -0.3 is 5.73 Å². The molecule has 0 atom stereocenters. The number of halogens is 2. The van der Waals surface area contributed by atoms with Gasteiger partial charge in [0.15, 0.2) is 0 Å². The molecule has 0 aliphatic rings. The quantitative estimate of drug-likeness (QED) is 0.690. The maximum Gasteiger partial charge on any atom is 0.149 e. The highest BCUT2D eigenvalue weighted by Crippen LogP contribution is 2.34. The van der Waals surface area contributed by atoms with E-state index in [9.17, 15) is 4.39 Å². The Hall–Kier alpha value is -2.07. The number of benzene rings is 2. The van der Waals surface area contributed by atoms with Crippen LogP contribution in [0.15, 0.2) is 36.5 Å². The molecule has 0 aliphatic carbocycles. The Morgan fingerprint density at radius 1 is 1.26 bits per heavy atom. The molecule has 5 heteroatoms. The smallest absolute Gasteiger partial charge is 0.149 e. The van der Waals surface area contributed by atoms with Gasteiger partial charge in [0.2, 0.25) is 0 Å². The fourth-order valence-corrected chi connectivity index (χ4v) is 2.34. The van der Waals surface area contributed by atoms with Gasteiger partial charge in [-0.15, -0.1) is 0 Å². The van der Waals surface area contributed by atoms with Gasteiger partial charge in [0.05, 0.1) is 16.7 Å². The molecule has 2 aromatic carbocycles. The fraction of sp³-hybridized carbons (Fsp3) is 0.0714. The molecule has 1 heterocycles. The standard InChI is InChI=1S/C14H11ClFN3/c1-19-13-6-10(12(17)5-8(13)7-18-19)9-3-2-4-11(15)14(9)16/h2-7H,17H2,1H3. The summed E-state index contributed by atoms with van der Waals surface area (Å²) in [6, 6.07) is 8.49. The van der Waals surface area contributed by atoms with Crippen LogP contribution in [0.4, 0.5) is 10.1 Å². The van der Waals surface area contributed by atoms with E-state index >= 15 is 0 Å². The summed E-state index contributed by atoms with van der Waals surface area (Å²) in [5, 5.41) is 5.16. The van der Waals surface area contributed by atoms with Crippen LogP contribution in [0.2, 0.25) is 5.02 Å². The van der Waals surface area contributed by atoms with E-state index in [1.165, 1.54) is 6.07 Å². The number of fused-ring (bicyclic) bond motifs is 1. The van der Waals surface area contributed by atoms with Crippen molar-refractivity contribution in [1.82, 2.24) is 9.78 Å². The van der Waals surface area contributed by atoms with Gasteiger partial charge in [-0.05, 0) is 18.2 Å². The van der Waals surface area contributed by atoms with Gasteiger partial charge in [0, 0.05) is 29.2 Å². The van der Waals surface area contributed by atoms with Crippen LogP contribution in [0.1, 0.15) is 0 Å². The van der Waals surface area contributed by atoms with Crippen LogP contribution in [-0.4, -0.2) is 9.78 Å². The van der Waals surface area contributed by atoms with E-state index in [4.69, 9.17) is 17.3 Å². The minimum absolute atomic E-state index is 0.0852. The predicted octanol–water partition coefficient (Wildman–Crippen LogP) is 3.62. The predicted molar refractivity (Wildman–Crippen MR) is 75.5 cm³/mol. The lowest BCUT2D eigenvalue weighted by atomic mass is 10.0. The van der Waals surface area contributed by atoms with E-state index in [-0.39, 0.29) is 5.02 Å². The highest BCUT2D eigenvalue weighted by Gasteiger charge is 2.13. The second-order valence-electron chi connectivity index (χ2n) is 4.37. The molecule has 3 aromatic rings. The molecule has 3 rings (SSSR count). The van der Waals surface area contributed by atoms with Crippen LogP contribution in [0, 0.1) is 5.82 Å². The Balaban J connectivity index is 2.32. The first kappa shape index (κ1) is 12.0. The molecule has 19 heavy (non-hydrogen) atoms. The van der Waals surface area contributed by atoms with Crippen molar-refractivity contribution in [2.45, 2.75) is 0 Å². The van der Waals surface area contributed by atoms with Gasteiger partial charge in [-0.3, -0.25) is 4.68 Å². The zero-order chi connectivity index (χ0) is 13.6. The molecule has 0 amide bonds. The summed E-state index contributed by atoms with van der Waals surface area (Å²) in [5.41, 5.74) is 8.41. The normalized spacial score (nSPS) is 11.1. The summed E-state index contributed by atoms with van der Waals surface area (Å²) in [7, 11) is 1.83. The SMILES string of the molecule is Cn1ncc2cc(N)c(-c3cccc(Cl)c3F)cc21. The Morgan fingerprint density at radius 3 is 2.84 bits per heavy atom. The first-order chi connectivity index (χ1) is 9.08. The first-order valence-electron chi connectivity index (χ1n) is 5.73. The molecule has 0 saturated heterocycles. The molecule has 0 fully saturated rings. The van der Waals surface area contributed by atoms with Crippen molar-refractivity contribution >= 4 is 28.2 Å². The van der Waals surface area contributed by atoms with Crippen molar-refractivity contribution in [3.05, 3.63) is 47.4 Å². The zero-order valence-electron chi connectivity index (χ0n) is 10.2. The molecule has 0 saturated carbocycles. The zero-order valence-corrected chi connectivity index (χ0v) is 10.9. The summed E-state index contributed by atoms with van der Waals surface area (Å²) < 4.78 is 15.8. The molecule has 1 aromatic heterocycles. The van der Waals surface area contributed by atoms with Crippen LogP contribution in [0.3, 0.4) is 0 Å². The fourth-order valence-electron chi connectivity index (χ4n) is 2.16. The van der Waals surface area contributed by atoms with Crippen molar-refractivity contribution in [3.8, 4) is 11.1 Å². The number of nitrogens with two attached hydrogens (primary N) is 1. The minimum Gasteiger partial charge on any atom is -0.398 e. The molecule has 0 radical (unpaired) electrons. The van der Waals surface area contributed by atoms with Gasteiger partial charge in [-0.25, -0.2) is 4.39 Å². The maximum absolute atomic E-state index is 14.1. The highest BCUT2D eigenvalue weighted by atomic mass is 35.5. The summed E-state index contributed by atoms with van der Waals surface area (Å²) >= 11 is 5.81. The molecule has 0 unspecified atom stereocenters. The highest BCUT2D eigenvalue weighted by molar-refractivity contribution is 6.31. The van der Waals surface area contributed by atoms with Crippen LogP contribution in [-0.2, 0) is 7.05 Å². The Kier molecular flexibility index (Phi) is 2.68. The number of hydrogen-bond acceptors (Lipinski definition) is 2. The minimum atomic E-state index is -0.461.